The maximum absolute atomic E-state index is 13.0. The zero-order valence-corrected chi connectivity index (χ0v) is 22.6. The van der Waals surface area contributed by atoms with Crippen LogP contribution in [0.4, 0.5) is 5.69 Å². The first-order valence-corrected chi connectivity index (χ1v) is 13.2. The highest BCUT2D eigenvalue weighted by molar-refractivity contribution is 6.31. The maximum atomic E-state index is 13.0. The van der Waals surface area contributed by atoms with E-state index in [9.17, 15) is 4.79 Å². The molecule has 1 saturated carbocycles. The first-order valence-electron chi connectivity index (χ1n) is 12.8. The highest BCUT2D eigenvalue weighted by Gasteiger charge is 2.34. The second kappa shape index (κ2) is 11.8. The van der Waals surface area contributed by atoms with Crippen LogP contribution in [0.15, 0.2) is 61.7 Å². The average Bonchev–Trinajstić information content (AvgIpc) is 2.90. The van der Waals surface area contributed by atoms with Crippen molar-refractivity contribution in [2.75, 3.05) is 4.90 Å². The topological polar surface area (TPSA) is 67.3 Å². The molecule has 37 heavy (non-hydrogen) atoms. The molecule has 1 aliphatic carbocycles. The number of amides is 1. The number of nitrogens with zero attached hydrogens (tertiary/aromatic N) is 3. The minimum Gasteiger partial charge on any atom is -0.487 e. The van der Waals surface area contributed by atoms with Crippen LogP contribution >= 0.6 is 11.6 Å². The van der Waals surface area contributed by atoms with Gasteiger partial charge in [0.2, 0.25) is 5.91 Å². The summed E-state index contributed by atoms with van der Waals surface area (Å²) in [7, 11) is 0. The van der Waals surface area contributed by atoms with Crippen LogP contribution < -0.4 is 15.0 Å². The van der Waals surface area contributed by atoms with Crippen molar-refractivity contribution in [2.45, 2.75) is 66.0 Å². The van der Waals surface area contributed by atoms with Gasteiger partial charge < -0.3 is 15.0 Å². The Morgan fingerprint density at radius 1 is 1.27 bits per heavy atom. The molecule has 2 aromatic heterocycles. The molecule has 194 valence electrons. The second-order valence-electron chi connectivity index (χ2n) is 9.86. The summed E-state index contributed by atoms with van der Waals surface area (Å²) in [6.07, 6.45) is 14.3. The van der Waals surface area contributed by atoms with Crippen LogP contribution in [0.3, 0.4) is 0 Å². The van der Waals surface area contributed by atoms with E-state index in [1.165, 1.54) is 6.42 Å². The van der Waals surface area contributed by atoms with Gasteiger partial charge in [-0.05, 0) is 44.4 Å². The third kappa shape index (κ3) is 5.96. The summed E-state index contributed by atoms with van der Waals surface area (Å²) in [5, 5.41) is 4.58. The molecule has 0 unspecified atom stereocenters. The molecular formula is C30H35ClN4O2. The molecule has 0 saturated heterocycles. The van der Waals surface area contributed by atoms with Crippen molar-refractivity contribution in [1.29, 1.82) is 0 Å². The van der Waals surface area contributed by atoms with Crippen molar-refractivity contribution in [3.8, 4) is 5.75 Å². The first kappa shape index (κ1) is 26.7. The summed E-state index contributed by atoms with van der Waals surface area (Å²) in [5.74, 6) is 0.748. The number of halogens is 1. The number of nitrogens with one attached hydrogen (secondary N) is 1. The molecule has 1 N–H and O–H groups in total. The number of rotatable bonds is 9. The van der Waals surface area contributed by atoms with Crippen LogP contribution in [-0.4, -0.2) is 15.9 Å². The number of benzene rings is 1. The average molecular weight is 519 g/mol. The SMILES string of the molecule is C=CN(/C=C\C)c1cc(C)nc2c(OCc3c(Cl)cncc3CNC(=O)C3(C)CCCCC3)cccc12. The van der Waals surface area contributed by atoms with Gasteiger partial charge in [-0.15, -0.1) is 0 Å². The fraction of sp³-hybridized carbons (Fsp3) is 0.367. The number of anilines is 1. The fourth-order valence-electron chi connectivity index (χ4n) is 4.97. The number of carbonyl (C=O) groups excluding carboxylic acids is 1. The number of ether oxygens (including phenoxy) is 1. The minimum absolute atomic E-state index is 0.0909. The highest BCUT2D eigenvalue weighted by Crippen LogP contribution is 2.36. The Bertz CT molecular complexity index is 1310. The lowest BCUT2D eigenvalue weighted by molar-refractivity contribution is -0.132. The maximum Gasteiger partial charge on any atom is 0.226 e. The van der Waals surface area contributed by atoms with Gasteiger partial charge in [0.05, 0.1) is 10.7 Å². The highest BCUT2D eigenvalue weighted by atomic mass is 35.5. The summed E-state index contributed by atoms with van der Waals surface area (Å²) < 4.78 is 6.30. The Morgan fingerprint density at radius 2 is 2.05 bits per heavy atom. The monoisotopic (exact) mass is 518 g/mol. The van der Waals surface area contributed by atoms with E-state index in [4.69, 9.17) is 21.3 Å². The molecule has 0 spiro atoms. The molecule has 1 fully saturated rings. The Kier molecular flexibility index (Phi) is 8.49. The van der Waals surface area contributed by atoms with Crippen LogP contribution in [0.5, 0.6) is 5.75 Å². The minimum atomic E-state index is -0.308. The van der Waals surface area contributed by atoms with Crippen molar-refractivity contribution >= 4 is 34.1 Å². The van der Waals surface area contributed by atoms with Crippen LogP contribution in [0, 0.1) is 12.3 Å². The van der Waals surface area contributed by atoms with E-state index in [1.54, 1.807) is 18.6 Å². The Hall–Kier alpha value is -3.38. The molecule has 1 aliphatic rings. The number of pyridine rings is 2. The van der Waals surface area contributed by atoms with E-state index in [2.05, 4.69) is 23.8 Å². The number of hydrogen-bond donors (Lipinski definition) is 1. The normalized spacial score (nSPS) is 15.0. The van der Waals surface area contributed by atoms with Gasteiger partial charge in [-0.25, -0.2) is 4.98 Å². The molecule has 0 bridgehead atoms. The van der Waals surface area contributed by atoms with E-state index < -0.39 is 0 Å². The lowest BCUT2D eigenvalue weighted by atomic mass is 9.75. The van der Waals surface area contributed by atoms with Gasteiger partial charge in [0.15, 0.2) is 0 Å². The number of fused-ring (bicyclic) bond motifs is 1. The first-order chi connectivity index (χ1) is 17.9. The molecule has 0 atom stereocenters. The van der Waals surface area contributed by atoms with Crippen molar-refractivity contribution in [2.24, 2.45) is 5.41 Å². The zero-order valence-electron chi connectivity index (χ0n) is 21.9. The third-order valence-electron chi connectivity index (χ3n) is 7.10. The van der Waals surface area contributed by atoms with Gasteiger partial charge in [0.1, 0.15) is 17.9 Å². The number of hydrogen-bond acceptors (Lipinski definition) is 5. The predicted octanol–water partition coefficient (Wildman–Crippen LogP) is 7.24. The Balaban J connectivity index is 1.57. The number of para-hydroxylation sites is 1. The van der Waals surface area contributed by atoms with Gasteiger partial charge in [-0.1, -0.05) is 62.6 Å². The molecule has 1 amide bonds. The summed E-state index contributed by atoms with van der Waals surface area (Å²) in [6.45, 7) is 10.5. The van der Waals surface area contributed by atoms with E-state index in [0.717, 1.165) is 59.1 Å². The second-order valence-corrected chi connectivity index (χ2v) is 10.3. The number of aromatic nitrogens is 2. The van der Waals surface area contributed by atoms with Crippen molar-refractivity contribution in [3.63, 3.8) is 0 Å². The van der Waals surface area contributed by atoms with Crippen LogP contribution in [0.2, 0.25) is 5.02 Å². The van der Waals surface area contributed by atoms with Gasteiger partial charge >= 0.3 is 0 Å². The van der Waals surface area contributed by atoms with Crippen LogP contribution in [0.25, 0.3) is 10.9 Å². The van der Waals surface area contributed by atoms with Crippen LogP contribution in [-0.2, 0) is 17.9 Å². The lowest BCUT2D eigenvalue weighted by Crippen LogP contribution is -2.40. The Morgan fingerprint density at radius 3 is 2.78 bits per heavy atom. The predicted molar refractivity (Wildman–Crippen MR) is 151 cm³/mol. The summed E-state index contributed by atoms with van der Waals surface area (Å²) in [5.41, 5.74) is 3.95. The van der Waals surface area contributed by atoms with Crippen molar-refractivity contribution in [1.82, 2.24) is 15.3 Å². The summed E-state index contributed by atoms with van der Waals surface area (Å²) in [6, 6.07) is 7.92. The van der Waals surface area contributed by atoms with Gasteiger partial charge in [0, 0.05) is 53.4 Å². The smallest absolute Gasteiger partial charge is 0.226 e. The molecule has 4 rings (SSSR count). The fourth-order valence-corrected chi connectivity index (χ4v) is 5.20. The third-order valence-corrected chi connectivity index (χ3v) is 7.43. The molecule has 6 nitrogen and oxygen atoms in total. The molecule has 0 radical (unpaired) electrons. The standard InChI is InChI=1S/C30H35ClN4O2/c1-5-15-35(6-2)26-16-21(3)34-28-23(26)11-10-12-27(28)37-20-24-22(17-32-19-25(24)31)18-33-29(36)30(4)13-8-7-9-14-30/h5-6,10-12,15-17,19H,2,7-9,13-14,18,20H2,1,3-4H3,(H,33,36)/b15-5-. The van der Waals surface area contributed by atoms with Crippen LogP contribution in [0.1, 0.15) is 62.8 Å². The molecule has 7 heteroatoms. The number of aryl methyl sites for hydroxylation is 1. The molecule has 1 aromatic carbocycles. The number of allylic oxidation sites excluding steroid dienone is 1. The molecular weight excluding hydrogens is 484 g/mol. The molecule has 0 aliphatic heterocycles. The largest absolute Gasteiger partial charge is 0.487 e. The lowest BCUT2D eigenvalue weighted by Gasteiger charge is -2.32. The quantitative estimate of drug-likeness (QED) is 0.323. The molecule has 2 heterocycles. The van der Waals surface area contributed by atoms with Crippen molar-refractivity contribution < 1.29 is 9.53 Å². The summed E-state index contributed by atoms with van der Waals surface area (Å²) in [4.78, 5) is 24.0. The van der Waals surface area contributed by atoms with Gasteiger partial charge in [0.25, 0.3) is 0 Å². The van der Waals surface area contributed by atoms with E-state index >= 15 is 0 Å². The van der Waals surface area contributed by atoms with Gasteiger partial charge in [-0.3, -0.25) is 9.78 Å². The van der Waals surface area contributed by atoms with E-state index in [-0.39, 0.29) is 17.9 Å². The zero-order chi connectivity index (χ0) is 26.4. The van der Waals surface area contributed by atoms with Gasteiger partial charge in [-0.2, -0.15) is 0 Å². The Labute approximate surface area is 224 Å². The molecule has 3 aromatic rings. The number of carbonyl (C=O) groups is 1. The van der Waals surface area contributed by atoms with E-state index in [0.29, 0.717) is 17.3 Å². The van der Waals surface area contributed by atoms with E-state index in [1.807, 2.05) is 55.3 Å². The summed E-state index contributed by atoms with van der Waals surface area (Å²) >= 11 is 6.55. The van der Waals surface area contributed by atoms with Crippen molar-refractivity contribution in [3.05, 3.63) is 83.6 Å².